The van der Waals surface area contributed by atoms with E-state index < -0.39 is 0 Å². The van der Waals surface area contributed by atoms with Crippen LogP contribution in [0.3, 0.4) is 0 Å². The van der Waals surface area contributed by atoms with Crippen LogP contribution >= 0.6 is 12.4 Å². The number of nitrogens with two attached hydrogens (primary N) is 1. The molecule has 2 rings (SSSR count). The maximum absolute atomic E-state index is 12.0. The number of carbonyl (C=O) groups excluding carboxylic acids is 1. The highest BCUT2D eigenvalue weighted by Crippen LogP contribution is 2.28. The van der Waals surface area contributed by atoms with Gasteiger partial charge in [0.1, 0.15) is 0 Å². The van der Waals surface area contributed by atoms with Gasteiger partial charge in [-0.15, -0.1) is 12.4 Å². The molecule has 3 nitrogen and oxygen atoms in total. The van der Waals surface area contributed by atoms with Crippen molar-refractivity contribution in [1.29, 1.82) is 0 Å². The zero-order valence-electron chi connectivity index (χ0n) is 10.5. The lowest BCUT2D eigenvalue weighted by molar-refractivity contribution is -0.122. The minimum atomic E-state index is -0.133. The molecule has 1 fully saturated rings. The van der Waals surface area contributed by atoms with Gasteiger partial charge in [-0.2, -0.15) is 0 Å². The fraction of sp³-hybridized carbons (Fsp3) is 0.500. The van der Waals surface area contributed by atoms with E-state index in [0.29, 0.717) is 13.0 Å². The molecule has 0 aromatic heterocycles. The highest BCUT2D eigenvalue weighted by Gasteiger charge is 2.33. The molecule has 1 amide bonds. The molecule has 0 radical (unpaired) electrons. The van der Waals surface area contributed by atoms with Crippen LogP contribution in [0.1, 0.15) is 31.2 Å². The van der Waals surface area contributed by atoms with E-state index in [1.165, 1.54) is 12.8 Å². The van der Waals surface area contributed by atoms with Gasteiger partial charge in [0, 0.05) is 6.54 Å². The highest BCUT2D eigenvalue weighted by molar-refractivity contribution is 5.85. The quantitative estimate of drug-likeness (QED) is 0.878. The summed E-state index contributed by atoms with van der Waals surface area (Å²) >= 11 is 0. The van der Waals surface area contributed by atoms with E-state index in [2.05, 4.69) is 5.32 Å². The molecule has 0 aliphatic heterocycles. The molecule has 0 atom stereocenters. The molecule has 1 aromatic rings. The number of rotatable bonds is 4. The van der Waals surface area contributed by atoms with E-state index >= 15 is 0 Å². The SMILES string of the molecule is Cl.NCC1(NC(=O)Cc2ccccc2)CCCC1. The largest absolute Gasteiger partial charge is 0.349 e. The average molecular weight is 269 g/mol. The number of carbonyl (C=O) groups is 1. The van der Waals surface area contributed by atoms with E-state index in [1.54, 1.807) is 0 Å². The molecule has 1 aliphatic rings. The van der Waals surface area contributed by atoms with Crippen molar-refractivity contribution in [3.8, 4) is 0 Å². The minimum Gasteiger partial charge on any atom is -0.349 e. The van der Waals surface area contributed by atoms with Gasteiger partial charge in [-0.1, -0.05) is 43.2 Å². The Balaban J connectivity index is 0.00000162. The van der Waals surface area contributed by atoms with Crippen LogP contribution < -0.4 is 11.1 Å². The van der Waals surface area contributed by atoms with Crippen LogP contribution in [0.4, 0.5) is 0 Å². The Morgan fingerprint density at radius 2 is 1.83 bits per heavy atom. The summed E-state index contributed by atoms with van der Waals surface area (Å²) in [6.07, 6.45) is 4.82. The second-order valence-corrected chi connectivity index (χ2v) is 4.90. The Kier molecular flexibility index (Phi) is 5.63. The molecule has 0 bridgehead atoms. The van der Waals surface area contributed by atoms with Crippen molar-refractivity contribution >= 4 is 18.3 Å². The van der Waals surface area contributed by atoms with E-state index in [4.69, 9.17) is 5.73 Å². The highest BCUT2D eigenvalue weighted by atomic mass is 35.5. The van der Waals surface area contributed by atoms with Gasteiger partial charge in [0.2, 0.25) is 5.91 Å². The van der Waals surface area contributed by atoms with Crippen molar-refractivity contribution in [1.82, 2.24) is 5.32 Å². The fourth-order valence-corrected chi connectivity index (χ4v) is 2.55. The summed E-state index contributed by atoms with van der Waals surface area (Å²) in [5.74, 6) is 0.0866. The van der Waals surface area contributed by atoms with Gasteiger partial charge in [0.25, 0.3) is 0 Å². The number of amides is 1. The number of benzene rings is 1. The normalized spacial score (nSPS) is 16.9. The van der Waals surface area contributed by atoms with Gasteiger partial charge >= 0.3 is 0 Å². The summed E-state index contributed by atoms with van der Waals surface area (Å²) in [7, 11) is 0. The van der Waals surface area contributed by atoms with Crippen LogP contribution in [0.15, 0.2) is 30.3 Å². The van der Waals surface area contributed by atoms with Crippen LogP contribution in [0.2, 0.25) is 0 Å². The van der Waals surface area contributed by atoms with Crippen molar-refractivity contribution in [3.63, 3.8) is 0 Å². The molecule has 18 heavy (non-hydrogen) atoms. The molecule has 4 heteroatoms. The number of hydrogen-bond donors (Lipinski definition) is 2. The molecule has 1 aliphatic carbocycles. The summed E-state index contributed by atoms with van der Waals surface area (Å²) in [5, 5.41) is 3.13. The number of nitrogens with one attached hydrogen (secondary N) is 1. The van der Waals surface area contributed by atoms with Gasteiger partial charge in [-0.3, -0.25) is 4.79 Å². The summed E-state index contributed by atoms with van der Waals surface area (Å²) in [4.78, 5) is 12.0. The molecule has 1 saturated carbocycles. The minimum absolute atomic E-state index is 0. The Labute approximate surface area is 115 Å². The maximum atomic E-state index is 12.0. The summed E-state index contributed by atoms with van der Waals surface area (Å²) in [6, 6.07) is 9.82. The van der Waals surface area contributed by atoms with Gasteiger partial charge in [0.15, 0.2) is 0 Å². The molecule has 100 valence electrons. The smallest absolute Gasteiger partial charge is 0.224 e. The zero-order valence-corrected chi connectivity index (χ0v) is 11.3. The third-order valence-electron chi connectivity index (χ3n) is 3.56. The van der Waals surface area contributed by atoms with Crippen molar-refractivity contribution in [2.24, 2.45) is 5.73 Å². The molecule has 0 spiro atoms. The predicted molar refractivity (Wildman–Crippen MR) is 75.8 cm³/mol. The van der Waals surface area contributed by atoms with Crippen LogP contribution in [-0.2, 0) is 11.2 Å². The van der Waals surface area contributed by atoms with E-state index in [0.717, 1.165) is 18.4 Å². The molecule has 1 aromatic carbocycles. The molecular formula is C14H21ClN2O. The Hall–Kier alpha value is -1.06. The lowest BCUT2D eigenvalue weighted by Crippen LogP contribution is -2.52. The average Bonchev–Trinajstić information content (AvgIpc) is 2.79. The summed E-state index contributed by atoms with van der Waals surface area (Å²) in [5.41, 5.74) is 6.71. The first-order chi connectivity index (χ1) is 8.24. The van der Waals surface area contributed by atoms with Gasteiger partial charge in [-0.05, 0) is 18.4 Å². The molecule has 0 heterocycles. The second-order valence-electron chi connectivity index (χ2n) is 4.90. The fourth-order valence-electron chi connectivity index (χ4n) is 2.55. The van der Waals surface area contributed by atoms with Crippen LogP contribution in [-0.4, -0.2) is 18.0 Å². The molecule has 3 N–H and O–H groups in total. The molecule has 0 unspecified atom stereocenters. The van der Waals surface area contributed by atoms with Crippen LogP contribution in [0.25, 0.3) is 0 Å². The van der Waals surface area contributed by atoms with E-state index in [1.807, 2.05) is 30.3 Å². The third kappa shape index (κ3) is 3.72. The lowest BCUT2D eigenvalue weighted by atomic mass is 9.97. The van der Waals surface area contributed by atoms with Crippen LogP contribution in [0.5, 0.6) is 0 Å². The Morgan fingerprint density at radius 1 is 1.22 bits per heavy atom. The van der Waals surface area contributed by atoms with Crippen molar-refractivity contribution < 1.29 is 4.79 Å². The van der Waals surface area contributed by atoms with Crippen molar-refractivity contribution in [2.45, 2.75) is 37.6 Å². The van der Waals surface area contributed by atoms with Gasteiger partial charge in [-0.25, -0.2) is 0 Å². The van der Waals surface area contributed by atoms with Gasteiger partial charge < -0.3 is 11.1 Å². The topological polar surface area (TPSA) is 55.1 Å². The van der Waals surface area contributed by atoms with Crippen LogP contribution in [0, 0.1) is 0 Å². The van der Waals surface area contributed by atoms with Crippen molar-refractivity contribution in [2.75, 3.05) is 6.54 Å². The monoisotopic (exact) mass is 268 g/mol. The van der Waals surface area contributed by atoms with Gasteiger partial charge in [0.05, 0.1) is 12.0 Å². The summed E-state index contributed by atoms with van der Waals surface area (Å²) < 4.78 is 0. The first-order valence-corrected chi connectivity index (χ1v) is 6.29. The summed E-state index contributed by atoms with van der Waals surface area (Å²) in [6.45, 7) is 0.549. The predicted octanol–water partition coefficient (Wildman–Crippen LogP) is 2.04. The number of hydrogen-bond acceptors (Lipinski definition) is 2. The second kappa shape index (κ2) is 6.76. The first kappa shape index (κ1) is 15.0. The van der Waals surface area contributed by atoms with E-state index in [-0.39, 0.29) is 23.9 Å². The van der Waals surface area contributed by atoms with E-state index in [9.17, 15) is 4.79 Å². The zero-order chi connectivity index (χ0) is 12.1. The lowest BCUT2D eigenvalue weighted by Gasteiger charge is -2.28. The molecular weight excluding hydrogens is 248 g/mol. The first-order valence-electron chi connectivity index (χ1n) is 6.29. The molecule has 0 saturated heterocycles. The Bertz CT molecular complexity index is 375. The number of halogens is 1. The third-order valence-corrected chi connectivity index (χ3v) is 3.56. The maximum Gasteiger partial charge on any atom is 0.224 e. The van der Waals surface area contributed by atoms with Crippen molar-refractivity contribution in [3.05, 3.63) is 35.9 Å². The Morgan fingerprint density at radius 3 is 2.39 bits per heavy atom. The standard InChI is InChI=1S/C14H20N2O.ClH/c15-11-14(8-4-5-9-14)16-13(17)10-12-6-2-1-3-7-12;/h1-3,6-7H,4-5,8-11,15H2,(H,16,17);1H.